The minimum absolute atomic E-state index is 0.492. The average molecular weight is 294 g/mol. The van der Waals surface area contributed by atoms with Crippen molar-refractivity contribution >= 4 is 23.2 Å². The topological polar surface area (TPSA) is 151 Å². The summed E-state index contributed by atoms with van der Waals surface area (Å²) >= 11 is 0. The summed E-state index contributed by atoms with van der Waals surface area (Å²) < 4.78 is 39.0. The van der Waals surface area contributed by atoms with E-state index in [-0.39, 0.29) is 0 Å². The Morgan fingerprint density at radius 2 is 1.50 bits per heavy atom. The van der Waals surface area contributed by atoms with Gasteiger partial charge in [0.25, 0.3) is 0 Å². The van der Waals surface area contributed by atoms with E-state index < -0.39 is 23.2 Å². The van der Waals surface area contributed by atoms with Crippen molar-refractivity contribution in [1.29, 1.82) is 0 Å². The van der Waals surface area contributed by atoms with Crippen LogP contribution in [0.3, 0.4) is 0 Å². The lowest BCUT2D eigenvalue weighted by Gasteiger charge is -2.13. The van der Waals surface area contributed by atoms with E-state index in [2.05, 4.69) is 15.2 Å². The van der Waals surface area contributed by atoms with Crippen molar-refractivity contribution in [3.8, 4) is 0 Å². The Kier molecular flexibility index (Phi) is 5.49. The minimum Gasteiger partial charge on any atom is -0.321 e. The Bertz CT molecular complexity index is 418. The molecule has 0 saturated carbocycles. The first kappa shape index (κ1) is 15.9. The highest BCUT2D eigenvalue weighted by Crippen LogP contribution is 2.66. The van der Waals surface area contributed by atoms with Gasteiger partial charge in [-0.05, 0) is 0 Å². The molecule has 0 amide bonds. The molecule has 0 aromatic rings. The predicted molar refractivity (Wildman–Crippen MR) is 53.2 cm³/mol. The molecule has 0 fully saturated rings. The molecule has 2 unspecified atom stereocenters. The van der Waals surface area contributed by atoms with Crippen molar-refractivity contribution in [2.24, 2.45) is 0 Å². The highest BCUT2D eigenvalue weighted by molar-refractivity contribution is 7.69. The average Bonchev–Trinajstić information content (AvgIpc) is 1.93. The molecule has 0 saturated heterocycles. The van der Waals surface area contributed by atoms with Gasteiger partial charge in [0.15, 0.2) is 0 Å². The molecule has 0 aromatic carbocycles. The second kappa shape index (κ2) is 5.51. The Hall–Kier alpha value is -0.0700. The minimum atomic E-state index is -5.34. The Morgan fingerprint density at radius 3 is 1.88 bits per heavy atom. The quantitative estimate of drug-likeness (QED) is 0.416. The fourth-order valence-corrected chi connectivity index (χ4v) is 3.70. The first-order valence-electron chi connectivity index (χ1n) is 3.41. The number of phosphoric acid groups is 2. The zero-order valence-electron chi connectivity index (χ0n) is 7.61. The summed E-state index contributed by atoms with van der Waals surface area (Å²) in [5, 5.41) is 0. The molecule has 0 radical (unpaired) electrons. The molecule has 0 aliphatic carbocycles. The number of hydrogen-bond donors (Lipinski definition) is 4. The van der Waals surface area contributed by atoms with Crippen LogP contribution in [0, 0.1) is 0 Å². The Labute approximate surface area is 90.4 Å². The number of hydrogen-bond acceptors (Lipinski definition) is 5. The van der Waals surface area contributed by atoms with Gasteiger partial charge in [-0.3, -0.25) is 4.57 Å². The smallest absolute Gasteiger partial charge is 0.321 e. The molecule has 9 nitrogen and oxygen atoms in total. The third kappa shape index (κ3) is 8.13. The largest absolute Gasteiger partial charge is 0.488 e. The van der Waals surface area contributed by atoms with E-state index in [1.54, 1.807) is 0 Å². The summed E-state index contributed by atoms with van der Waals surface area (Å²) in [6.45, 7) is 3.16. The van der Waals surface area contributed by atoms with Crippen LogP contribution in [0.4, 0.5) is 0 Å². The van der Waals surface area contributed by atoms with E-state index in [1.165, 1.54) is 0 Å². The van der Waals surface area contributed by atoms with E-state index in [0.29, 0.717) is 5.82 Å². The van der Waals surface area contributed by atoms with Gasteiger partial charge < -0.3 is 19.6 Å². The van der Waals surface area contributed by atoms with Crippen LogP contribution in [0.5, 0.6) is 0 Å². The molecule has 2 atom stereocenters. The van der Waals surface area contributed by atoms with Crippen LogP contribution in [-0.2, 0) is 22.3 Å². The second-order valence-corrected chi connectivity index (χ2v) is 6.91. The zero-order valence-corrected chi connectivity index (χ0v) is 10.3. The monoisotopic (exact) mass is 294 g/mol. The Morgan fingerprint density at radius 1 is 1.00 bits per heavy atom. The van der Waals surface area contributed by atoms with Gasteiger partial charge in [-0.2, -0.15) is 4.31 Å². The molecule has 94 valence electrons. The van der Waals surface area contributed by atoms with Crippen LogP contribution >= 0.6 is 23.2 Å². The molecular weight excluding hydrogens is 285 g/mol. The summed E-state index contributed by atoms with van der Waals surface area (Å²) in [6.07, 6.45) is 2.02. The van der Waals surface area contributed by atoms with Crippen molar-refractivity contribution < 1.29 is 41.9 Å². The van der Waals surface area contributed by atoms with Gasteiger partial charge in [-0.1, -0.05) is 18.7 Å². The lowest BCUT2D eigenvalue weighted by molar-refractivity contribution is 0.224. The van der Waals surface area contributed by atoms with E-state index in [9.17, 15) is 13.7 Å². The summed E-state index contributed by atoms with van der Waals surface area (Å²) in [5.74, 6) is 0.492. The SMILES string of the molecule is C=CC=CP(=O)(O)OP(=O)(O)OP(=O)(O)O. The summed E-state index contributed by atoms with van der Waals surface area (Å²) in [7, 11) is -15.3. The highest BCUT2D eigenvalue weighted by atomic mass is 31.3. The lowest BCUT2D eigenvalue weighted by atomic mass is 10.6. The lowest BCUT2D eigenvalue weighted by Crippen LogP contribution is -1.91. The first-order valence-corrected chi connectivity index (χ1v) is 8.08. The van der Waals surface area contributed by atoms with E-state index in [4.69, 9.17) is 19.6 Å². The van der Waals surface area contributed by atoms with Crippen LogP contribution in [0.25, 0.3) is 0 Å². The second-order valence-electron chi connectivity index (χ2n) is 2.26. The van der Waals surface area contributed by atoms with E-state index >= 15 is 0 Å². The van der Waals surface area contributed by atoms with Crippen LogP contribution in [-0.4, -0.2) is 19.6 Å². The molecule has 0 aromatic heterocycles. The van der Waals surface area contributed by atoms with E-state index in [1.807, 2.05) is 0 Å². The van der Waals surface area contributed by atoms with Crippen LogP contribution in [0.1, 0.15) is 0 Å². The maximum Gasteiger partial charge on any atom is 0.488 e. The van der Waals surface area contributed by atoms with Crippen LogP contribution in [0.15, 0.2) is 24.5 Å². The maximum absolute atomic E-state index is 11.0. The number of allylic oxidation sites excluding steroid dienone is 2. The van der Waals surface area contributed by atoms with Gasteiger partial charge in [-0.25, -0.2) is 13.4 Å². The van der Waals surface area contributed by atoms with Crippen LogP contribution in [0.2, 0.25) is 0 Å². The van der Waals surface area contributed by atoms with Crippen molar-refractivity contribution in [2.75, 3.05) is 0 Å². The Balaban J connectivity index is 4.78. The molecule has 0 aliphatic rings. The van der Waals surface area contributed by atoms with Gasteiger partial charge in [0, 0.05) is 5.82 Å². The summed E-state index contributed by atoms with van der Waals surface area (Å²) in [6, 6.07) is 0. The van der Waals surface area contributed by atoms with Gasteiger partial charge in [0.2, 0.25) is 0 Å². The summed E-state index contributed by atoms with van der Waals surface area (Å²) in [4.78, 5) is 34.0. The fourth-order valence-electron chi connectivity index (χ4n) is 0.494. The zero-order chi connectivity index (χ0) is 13.0. The van der Waals surface area contributed by atoms with Gasteiger partial charge in [0.1, 0.15) is 0 Å². The van der Waals surface area contributed by atoms with Gasteiger partial charge >= 0.3 is 23.2 Å². The predicted octanol–water partition coefficient (Wildman–Crippen LogP) is 1.10. The third-order valence-corrected chi connectivity index (χ3v) is 4.83. The molecule has 0 aliphatic heterocycles. The van der Waals surface area contributed by atoms with Gasteiger partial charge in [0.05, 0.1) is 0 Å². The summed E-state index contributed by atoms with van der Waals surface area (Å²) in [5.41, 5.74) is 0. The molecule has 16 heavy (non-hydrogen) atoms. The highest BCUT2D eigenvalue weighted by Gasteiger charge is 2.38. The van der Waals surface area contributed by atoms with E-state index in [0.717, 1.165) is 12.2 Å². The maximum atomic E-state index is 11.0. The normalized spacial score (nSPS) is 20.2. The van der Waals surface area contributed by atoms with Gasteiger partial charge in [-0.15, -0.1) is 0 Å². The van der Waals surface area contributed by atoms with Crippen molar-refractivity contribution in [2.45, 2.75) is 0 Å². The fraction of sp³-hybridized carbons (Fsp3) is 0. The molecule has 4 N–H and O–H groups in total. The van der Waals surface area contributed by atoms with Crippen LogP contribution < -0.4 is 0 Å². The first-order chi connectivity index (χ1) is 6.97. The van der Waals surface area contributed by atoms with Crippen molar-refractivity contribution in [3.05, 3.63) is 24.5 Å². The molecule has 0 bridgehead atoms. The standard InChI is InChI=1S/C4H9O9P3/c1-2-3-4-14(5,6)12-16(10,11)13-15(7,8)9/h2-4H,1H2,(H,5,6)(H,10,11)(H2,7,8,9). The third-order valence-electron chi connectivity index (χ3n) is 0.840. The van der Waals surface area contributed by atoms with Crippen molar-refractivity contribution in [1.82, 2.24) is 0 Å². The molecular formula is C4H9O9P3. The molecule has 12 heteroatoms. The number of rotatable bonds is 6. The molecule has 0 heterocycles. The molecule has 0 spiro atoms. The van der Waals surface area contributed by atoms with Crippen molar-refractivity contribution in [3.63, 3.8) is 0 Å². The molecule has 0 rings (SSSR count).